The van der Waals surface area contributed by atoms with Crippen LogP contribution in [0.1, 0.15) is 24.8 Å². The topological polar surface area (TPSA) is 75.2 Å². The summed E-state index contributed by atoms with van der Waals surface area (Å²) in [6.07, 6.45) is 7.45. The first-order chi connectivity index (χ1) is 12.3. The van der Waals surface area contributed by atoms with Crippen LogP contribution in [0, 0.1) is 6.92 Å². The summed E-state index contributed by atoms with van der Waals surface area (Å²) in [6.45, 7) is 2.00. The van der Waals surface area contributed by atoms with E-state index in [2.05, 4.69) is 19.6 Å². The lowest BCUT2D eigenvalue weighted by Gasteiger charge is -2.26. The molecule has 2 bridgehead atoms. The van der Waals surface area contributed by atoms with Crippen LogP contribution in [0.15, 0.2) is 30.6 Å². The van der Waals surface area contributed by atoms with E-state index in [0.29, 0.717) is 11.1 Å². The first kappa shape index (κ1) is 17.7. The number of hydrogen-bond donors (Lipinski definition) is 1. The molecule has 1 unspecified atom stereocenters. The van der Waals surface area contributed by atoms with Crippen LogP contribution in [0.2, 0.25) is 5.02 Å². The molecule has 4 rings (SSSR count). The molecule has 2 aromatic heterocycles. The molecule has 0 aromatic carbocycles. The van der Waals surface area contributed by atoms with Gasteiger partial charge in [0, 0.05) is 36.1 Å². The number of fused-ring (bicyclic) bond motifs is 2. The number of halogens is 1. The monoisotopic (exact) mass is 392 g/mol. The molecule has 8 heteroatoms. The number of rotatable bonds is 4. The number of hydrogen-bond acceptors (Lipinski definition) is 5. The minimum absolute atomic E-state index is 0.0683. The second kappa shape index (κ2) is 6.48. The fourth-order valence-corrected chi connectivity index (χ4v) is 5.26. The van der Waals surface area contributed by atoms with Crippen molar-refractivity contribution < 1.29 is 8.42 Å². The third-order valence-corrected chi connectivity index (χ3v) is 6.30. The summed E-state index contributed by atoms with van der Waals surface area (Å²) in [5, 5.41) is 0.563. The van der Waals surface area contributed by atoms with Crippen molar-refractivity contribution in [2.24, 2.45) is 0 Å². The molecule has 1 N–H and O–H groups in total. The number of aromatic nitrogens is 2. The maximum atomic E-state index is 11.7. The lowest BCUT2D eigenvalue weighted by molar-refractivity contribution is 0.464. The van der Waals surface area contributed by atoms with Crippen LogP contribution >= 0.6 is 11.6 Å². The molecule has 138 valence electrons. The molecular weight excluding hydrogens is 372 g/mol. The second-order valence-electron chi connectivity index (χ2n) is 7.13. The van der Waals surface area contributed by atoms with E-state index in [9.17, 15) is 8.42 Å². The maximum absolute atomic E-state index is 11.7. The highest BCUT2D eigenvalue weighted by atomic mass is 35.5. The van der Waals surface area contributed by atoms with Gasteiger partial charge in [0.2, 0.25) is 10.0 Å². The number of nitrogens with one attached hydrogen (secondary N) is 1. The molecule has 26 heavy (non-hydrogen) atoms. The van der Waals surface area contributed by atoms with Crippen LogP contribution < -0.4 is 9.62 Å². The largest absolute Gasteiger partial charge is 0.349 e. The zero-order valence-corrected chi connectivity index (χ0v) is 16.3. The third kappa shape index (κ3) is 3.19. The molecular formula is C18H21ClN4O2S. The van der Waals surface area contributed by atoms with Gasteiger partial charge >= 0.3 is 0 Å². The van der Waals surface area contributed by atoms with Gasteiger partial charge in [-0.05, 0) is 43.9 Å². The standard InChI is InChI=1S/C18H21ClN4O2S/c1-11-4-3-7-20-18(11)13-9-17(21-10-14(13)19)23-12-5-6-16(23)15(8-12)22-26(2,24)25/h3-4,7,9-10,12,15-16,22H,5-6,8H2,1-2H3/t12-,15+,16?/m1/s1. The zero-order chi connectivity index (χ0) is 18.5. The average Bonchev–Trinajstić information content (AvgIpc) is 3.12. The van der Waals surface area contributed by atoms with E-state index >= 15 is 0 Å². The Morgan fingerprint density at radius 2 is 2.12 bits per heavy atom. The van der Waals surface area contributed by atoms with Crippen LogP contribution in [-0.4, -0.2) is 42.8 Å². The summed E-state index contributed by atoms with van der Waals surface area (Å²) >= 11 is 6.40. The highest BCUT2D eigenvalue weighted by molar-refractivity contribution is 7.88. The molecule has 2 aliphatic heterocycles. The van der Waals surface area contributed by atoms with Crippen molar-refractivity contribution >= 4 is 27.4 Å². The number of nitrogens with zero attached hydrogens (tertiary/aromatic N) is 3. The molecule has 2 fully saturated rings. The lowest BCUT2D eigenvalue weighted by atomic mass is 9.96. The quantitative estimate of drug-likeness (QED) is 0.865. The molecule has 0 amide bonds. The Morgan fingerprint density at radius 3 is 2.85 bits per heavy atom. The maximum Gasteiger partial charge on any atom is 0.209 e. The van der Waals surface area contributed by atoms with E-state index in [1.54, 1.807) is 12.4 Å². The van der Waals surface area contributed by atoms with Gasteiger partial charge in [-0.25, -0.2) is 18.1 Å². The van der Waals surface area contributed by atoms with Gasteiger partial charge < -0.3 is 4.90 Å². The fourth-order valence-electron chi connectivity index (χ4n) is 4.27. The molecule has 6 nitrogen and oxygen atoms in total. The smallest absolute Gasteiger partial charge is 0.209 e. The number of anilines is 1. The van der Waals surface area contributed by atoms with Gasteiger partial charge in [-0.1, -0.05) is 17.7 Å². The summed E-state index contributed by atoms with van der Waals surface area (Å²) in [6, 6.07) is 6.24. The van der Waals surface area contributed by atoms with Crippen LogP contribution in [0.5, 0.6) is 0 Å². The van der Waals surface area contributed by atoms with E-state index in [1.165, 1.54) is 6.26 Å². The summed E-state index contributed by atoms with van der Waals surface area (Å²) < 4.78 is 26.1. The Hall–Kier alpha value is -1.70. The summed E-state index contributed by atoms with van der Waals surface area (Å²) in [5.41, 5.74) is 2.75. The van der Waals surface area contributed by atoms with Crippen molar-refractivity contribution in [1.82, 2.24) is 14.7 Å². The summed E-state index contributed by atoms with van der Waals surface area (Å²) in [5.74, 6) is 0.833. The molecule has 2 aromatic rings. The first-order valence-corrected chi connectivity index (χ1v) is 10.9. The summed E-state index contributed by atoms with van der Waals surface area (Å²) in [4.78, 5) is 11.3. The van der Waals surface area contributed by atoms with E-state index in [-0.39, 0.29) is 12.1 Å². The molecule has 0 aliphatic carbocycles. The van der Waals surface area contributed by atoms with E-state index in [4.69, 9.17) is 11.6 Å². The van der Waals surface area contributed by atoms with Crippen molar-refractivity contribution in [1.29, 1.82) is 0 Å². The van der Waals surface area contributed by atoms with Crippen molar-refractivity contribution in [3.63, 3.8) is 0 Å². The van der Waals surface area contributed by atoms with Crippen LogP contribution in [-0.2, 0) is 10.0 Å². The van der Waals surface area contributed by atoms with E-state index in [1.807, 2.05) is 25.1 Å². The molecule has 0 spiro atoms. The minimum Gasteiger partial charge on any atom is -0.349 e. The van der Waals surface area contributed by atoms with Gasteiger partial charge in [-0.15, -0.1) is 0 Å². The zero-order valence-electron chi connectivity index (χ0n) is 14.7. The Morgan fingerprint density at radius 1 is 1.31 bits per heavy atom. The Balaban J connectivity index is 1.69. The summed E-state index contributed by atoms with van der Waals surface area (Å²) in [7, 11) is -3.23. The minimum atomic E-state index is -3.23. The molecule has 3 atom stereocenters. The average molecular weight is 393 g/mol. The number of sulfonamides is 1. The molecule has 0 radical (unpaired) electrons. The van der Waals surface area contributed by atoms with Crippen LogP contribution in [0.25, 0.3) is 11.3 Å². The SMILES string of the molecule is Cc1cccnc1-c1cc(N2C3CC[C@@H]2C[C@@H]3NS(C)(=O)=O)ncc1Cl. The predicted molar refractivity (Wildman–Crippen MR) is 103 cm³/mol. The lowest BCUT2D eigenvalue weighted by Crippen LogP contribution is -2.43. The van der Waals surface area contributed by atoms with Gasteiger partial charge in [0.25, 0.3) is 0 Å². The molecule has 4 heterocycles. The van der Waals surface area contributed by atoms with Gasteiger partial charge in [-0.3, -0.25) is 4.98 Å². The molecule has 2 saturated heterocycles. The third-order valence-electron chi connectivity index (χ3n) is 5.27. The normalized spacial score (nSPS) is 25.0. The Bertz CT molecular complexity index is 950. The van der Waals surface area contributed by atoms with Crippen LogP contribution in [0.3, 0.4) is 0 Å². The first-order valence-electron chi connectivity index (χ1n) is 8.66. The van der Waals surface area contributed by atoms with E-state index < -0.39 is 10.0 Å². The van der Waals surface area contributed by atoms with Gasteiger partial charge in [0.15, 0.2) is 0 Å². The Labute approximate surface area is 158 Å². The van der Waals surface area contributed by atoms with Crippen molar-refractivity contribution in [3.05, 3.63) is 41.2 Å². The number of pyridine rings is 2. The predicted octanol–water partition coefficient (Wildman–Crippen LogP) is 2.76. The molecule has 2 aliphatic rings. The fraction of sp³-hybridized carbons (Fsp3) is 0.444. The van der Waals surface area contributed by atoms with Crippen molar-refractivity contribution in [3.8, 4) is 11.3 Å². The van der Waals surface area contributed by atoms with Crippen molar-refractivity contribution in [2.45, 2.75) is 44.3 Å². The second-order valence-corrected chi connectivity index (χ2v) is 9.32. The van der Waals surface area contributed by atoms with Gasteiger partial charge in [0.1, 0.15) is 5.82 Å². The Kier molecular flexibility index (Phi) is 4.41. The number of aryl methyl sites for hydroxylation is 1. The van der Waals surface area contributed by atoms with E-state index in [0.717, 1.165) is 41.9 Å². The van der Waals surface area contributed by atoms with Crippen molar-refractivity contribution in [2.75, 3.05) is 11.2 Å². The highest BCUT2D eigenvalue weighted by Crippen LogP contribution is 2.42. The van der Waals surface area contributed by atoms with Crippen LogP contribution in [0.4, 0.5) is 5.82 Å². The highest BCUT2D eigenvalue weighted by Gasteiger charge is 2.47. The van der Waals surface area contributed by atoms with Gasteiger partial charge in [-0.2, -0.15) is 0 Å². The molecule has 0 saturated carbocycles. The van der Waals surface area contributed by atoms with Gasteiger partial charge in [0.05, 0.1) is 17.0 Å².